The number of nitrogens with zero attached hydrogens (tertiary/aromatic N) is 2. The van der Waals surface area contributed by atoms with Crippen molar-refractivity contribution in [3.63, 3.8) is 0 Å². The van der Waals surface area contributed by atoms with Gasteiger partial charge in [0.1, 0.15) is 0 Å². The Labute approximate surface area is 171 Å². The van der Waals surface area contributed by atoms with Crippen LogP contribution in [-0.2, 0) is 0 Å². The highest BCUT2D eigenvalue weighted by Gasteiger charge is 2.17. The highest BCUT2D eigenvalue weighted by molar-refractivity contribution is 14.0. The predicted octanol–water partition coefficient (Wildman–Crippen LogP) is 4.83. The van der Waals surface area contributed by atoms with Gasteiger partial charge in [-0.15, -0.1) is 35.3 Å². The molecule has 1 N–H and O–H groups in total. The summed E-state index contributed by atoms with van der Waals surface area (Å²) in [5.41, 5.74) is 2.78. The third-order valence-corrected chi connectivity index (χ3v) is 5.56. The summed E-state index contributed by atoms with van der Waals surface area (Å²) in [5.74, 6) is 1.50. The molecule has 3 nitrogen and oxygen atoms in total. The quantitative estimate of drug-likeness (QED) is 0.396. The fraction of sp³-hybridized carbons (Fsp3) is 0.350. The highest BCUT2D eigenvalue weighted by atomic mass is 127. The van der Waals surface area contributed by atoms with Gasteiger partial charge in [-0.3, -0.25) is 4.99 Å². The van der Waals surface area contributed by atoms with Gasteiger partial charge in [-0.2, -0.15) is 0 Å². The van der Waals surface area contributed by atoms with Gasteiger partial charge in [0, 0.05) is 37.5 Å². The van der Waals surface area contributed by atoms with E-state index in [2.05, 4.69) is 76.1 Å². The molecule has 134 valence electrons. The van der Waals surface area contributed by atoms with Gasteiger partial charge in [0.15, 0.2) is 5.96 Å². The van der Waals surface area contributed by atoms with Crippen LogP contribution >= 0.6 is 35.3 Å². The van der Waals surface area contributed by atoms with Crippen LogP contribution in [-0.4, -0.2) is 37.5 Å². The Bertz CT molecular complexity index is 695. The van der Waals surface area contributed by atoms with Crippen molar-refractivity contribution in [3.8, 4) is 0 Å². The average Bonchev–Trinajstić information content (AvgIpc) is 3.18. The van der Waals surface area contributed by atoms with Gasteiger partial charge in [0.05, 0.1) is 0 Å². The Balaban J connectivity index is 0.00000225. The molecule has 1 aromatic heterocycles. The van der Waals surface area contributed by atoms with Crippen molar-refractivity contribution in [3.05, 3.63) is 64.4 Å². The molecule has 1 aliphatic heterocycles. The van der Waals surface area contributed by atoms with Gasteiger partial charge >= 0.3 is 0 Å². The summed E-state index contributed by atoms with van der Waals surface area (Å²) in [6.07, 6.45) is 3.39. The van der Waals surface area contributed by atoms with Crippen molar-refractivity contribution < 1.29 is 0 Å². The third kappa shape index (κ3) is 5.31. The first-order valence-corrected chi connectivity index (χ1v) is 9.39. The van der Waals surface area contributed by atoms with Crippen molar-refractivity contribution in [1.82, 2.24) is 10.2 Å². The van der Waals surface area contributed by atoms with E-state index in [-0.39, 0.29) is 24.0 Å². The van der Waals surface area contributed by atoms with Gasteiger partial charge in [0.25, 0.3) is 0 Å². The van der Waals surface area contributed by atoms with E-state index < -0.39 is 0 Å². The summed E-state index contributed by atoms with van der Waals surface area (Å²) in [5, 5.41) is 5.68. The zero-order chi connectivity index (χ0) is 16.8. The Morgan fingerprint density at radius 1 is 1.24 bits per heavy atom. The summed E-state index contributed by atoms with van der Waals surface area (Å²) >= 11 is 1.82. The summed E-state index contributed by atoms with van der Waals surface area (Å²) in [4.78, 5) is 8.21. The van der Waals surface area contributed by atoms with E-state index in [0.29, 0.717) is 5.92 Å². The van der Waals surface area contributed by atoms with Gasteiger partial charge in [0.2, 0.25) is 0 Å². The van der Waals surface area contributed by atoms with Crippen molar-refractivity contribution >= 4 is 46.8 Å². The molecular formula is C20H26IN3S. The first-order chi connectivity index (χ1) is 11.8. The number of guanidine groups is 1. The monoisotopic (exact) mass is 467 g/mol. The van der Waals surface area contributed by atoms with Gasteiger partial charge in [-0.1, -0.05) is 49.4 Å². The number of rotatable bonds is 4. The van der Waals surface area contributed by atoms with E-state index in [1.54, 1.807) is 0 Å². The Morgan fingerprint density at radius 2 is 2.04 bits per heavy atom. The van der Waals surface area contributed by atoms with Crippen molar-refractivity contribution in [2.24, 2.45) is 4.99 Å². The Morgan fingerprint density at radius 3 is 2.64 bits per heavy atom. The molecule has 1 aromatic carbocycles. The predicted molar refractivity (Wildman–Crippen MR) is 120 cm³/mol. The van der Waals surface area contributed by atoms with E-state index in [0.717, 1.165) is 32.0 Å². The molecule has 0 radical (unpaired) electrons. The second kappa shape index (κ2) is 9.97. The van der Waals surface area contributed by atoms with Crippen LogP contribution in [0.2, 0.25) is 0 Å². The van der Waals surface area contributed by atoms with E-state index in [1.165, 1.54) is 16.0 Å². The molecule has 2 heterocycles. The number of thiophene rings is 1. The topological polar surface area (TPSA) is 27.6 Å². The number of aliphatic imine (C=N–C) groups is 1. The third-order valence-electron chi connectivity index (χ3n) is 4.46. The van der Waals surface area contributed by atoms with E-state index in [4.69, 9.17) is 0 Å². The van der Waals surface area contributed by atoms with Crippen LogP contribution in [0.3, 0.4) is 0 Å². The van der Waals surface area contributed by atoms with E-state index in [1.807, 2.05) is 18.4 Å². The fourth-order valence-corrected chi connectivity index (χ4v) is 3.81. The maximum Gasteiger partial charge on any atom is 0.193 e. The van der Waals surface area contributed by atoms with Gasteiger partial charge < -0.3 is 10.2 Å². The molecule has 0 bridgehead atoms. The van der Waals surface area contributed by atoms with Crippen molar-refractivity contribution in [2.75, 3.05) is 26.7 Å². The summed E-state index contributed by atoms with van der Waals surface area (Å²) in [6.45, 7) is 5.10. The SMILES string of the molecule is CN=C(NCC(C)c1cccs1)N1CC=C(c2ccccc2)CC1.I. The molecule has 2 aromatic rings. The zero-order valence-electron chi connectivity index (χ0n) is 14.8. The van der Waals surface area contributed by atoms with Crippen LogP contribution in [0.4, 0.5) is 0 Å². The molecule has 0 saturated carbocycles. The standard InChI is InChI=1S/C20H25N3S.HI/c1-16(19-9-6-14-24-19)15-22-20(21-2)23-12-10-18(11-13-23)17-7-4-3-5-8-17;/h3-10,14,16H,11-13,15H2,1-2H3,(H,21,22);1H. The lowest BCUT2D eigenvalue weighted by molar-refractivity contribution is 0.438. The largest absolute Gasteiger partial charge is 0.356 e. The summed E-state index contributed by atoms with van der Waals surface area (Å²) < 4.78 is 0. The molecule has 3 rings (SSSR count). The second-order valence-corrected chi connectivity index (χ2v) is 7.12. The second-order valence-electron chi connectivity index (χ2n) is 6.14. The maximum atomic E-state index is 4.47. The molecule has 0 aliphatic carbocycles. The molecule has 0 fully saturated rings. The number of nitrogens with one attached hydrogen (secondary N) is 1. The Kier molecular flexibility index (Phi) is 7.96. The lowest BCUT2D eigenvalue weighted by Gasteiger charge is -2.30. The van der Waals surface area contributed by atoms with Crippen LogP contribution in [0, 0.1) is 0 Å². The number of hydrogen-bond acceptors (Lipinski definition) is 2. The van der Waals surface area contributed by atoms with E-state index in [9.17, 15) is 0 Å². The first kappa shape index (κ1) is 20.0. The zero-order valence-corrected chi connectivity index (χ0v) is 18.0. The smallest absolute Gasteiger partial charge is 0.193 e. The molecule has 1 atom stereocenters. The lowest BCUT2D eigenvalue weighted by atomic mass is 10.00. The van der Waals surface area contributed by atoms with Crippen molar-refractivity contribution in [1.29, 1.82) is 0 Å². The van der Waals surface area contributed by atoms with Crippen molar-refractivity contribution in [2.45, 2.75) is 19.3 Å². The van der Waals surface area contributed by atoms with Crippen LogP contribution < -0.4 is 5.32 Å². The Hall–Kier alpha value is -1.34. The van der Waals surface area contributed by atoms with Crippen LogP contribution in [0.5, 0.6) is 0 Å². The molecular weight excluding hydrogens is 441 g/mol. The average molecular weight is 467 g/mol. The minimum absolute atomic E-state index is 0. The first-order valence-electron chi connectivity index (χ1n) is 8.51. The minimum atomic E-state index is 0. The maximum absolute atomic E-state index is 4.47. The van der Waals surface area contributed by atoms with Crippen LogP contribution in [0.1, 0.15) is 29.7 Å². The van der Waals surface area contributed by atoms with E-state index >= 15 is 0 Å². The number of hydrogen-bond donors (Lipinski definition) is 1. The summed E-state index contributed by atoms with van der Waals surface area (Å²) in [7, 11) is 1.87. The van der Waals surface area contributed by atoms with Gasteiger partial charge in [-0.05, 0) is 29.0 Å². The van der Waals surface area contributed by atoms with Crippen LogP contribution in [0.25, 0.3) is 5.57 Å². The molecule has 1 aliphatic rings. The molecule has 0 spiro atoms. The molecule has 0 saturated heterocycles. The molecule has 25 heavy (non-hydrogen) atoms. The number of halogens is 1. The summed E-state index contributed by atoms with van der Waals surface area (Å²) in [6, 6.07) is 15.0. The number of benzene rings is 1. The minimum Gasteiger partial charge on any atom is -0.356 e. The van der Waals surface area contributed by atoms with Crippen LogP contribution in [0.15, 0.2) is 58.9 Å². The normalized spacial score (nSPS) is 16.0. The fourth-order valence-electron chi connectivity index (χ4n) is 3.02. The molecule has 1 unspecified atom stereocenters. The molecule has 5 heteroatoms. The van der Waals surface area contributed by atoms with Gasteiger partial charge in [-0.25, -0.2) is 0 Å². The molecule has 0 amide bonds. The highest BCUT2D eigenvalue weighted by Crippen LogP contribution is 2.22. The lowest BCUT2D eigenvalue weighted by Crippen LogP contribution is -2.44.